The maximum absolute atomic E-state index is 8.65. The molecule has 0 aromatic carbocycles. The minimum absolute atomic E-state index is 0.0672. The predicted octanol–water partition coefficient (Wildman–Crippen LogP) is 0.545. The lowest BCUT2D eigenvalue weighted by molar-refractivity contribution is -0.0647. The molecule has 0 bridgehead atoms. The van der Waals surface area contributed by atoms with Gasteiger partial charge in [0, 0.05) is 10.8 Å². The summed E-state index contributed by atoms with van der Waals surface area (Å²) in [6.07, 6.45) is 0.749. The number of ether oxygens (including phenoxy) is 2. The molecule has 10 heavy (non-hydrogen) atoms. The van der Waals surface area contributed by atoms with E-state index in [2.05, 4.69) is 22.6 Å². The third-order valence-electron chi connectivity index (χ3n) is 1.36. The van der Waals surface area contributed by atoms with Gasteiger partial charge in [-0.15, -0.1) is 0 Å². The molecule has 0 aromatic heterocycles. The third kappa shape index (κ3) is 2.34. The fourth-order valence-electron chi connectivity index (χ4n) is 0.844. The zero-order valence-electron chi connectivity index (χ0n) is 5.62. The maximum atomic E-state index is 8.65. The van der Waals surface area contributed by atoms with Crippen molar-refractivity contribution < 1.29 is 14.6 Å². The van der Waals surface area contributed by atoms with Gasteiger partial charge in [0.15, 0.2) is 6.29 Å². The Kier molecular flexibility index (Phi) is 3.90. The van der Waals surface area contributed by atoms with Crippen LogP contribution >= 0.6 is 22.6 Å². The van der Waals surface area contributed by atoms with Gasteiger partial charge < -0.3 is 14.6 Å². The van der Waals surface area contributed by atoms with Crippen LogP contribution in [0.3, 0.4) is 0 Å². The van der Waals surface area contributed by atoms with Crippen molar-refractivity contribution in [3.63, 3.8) is 0 Å². The van der Waals surface area contributed by atoms with E-state index in [1.54, 1.807) is 0 Å². The summed E-state index contributed by atoms with van der Waals surface area (Å²) in [5, 5.41) is 8.65. The molecule has 60 valence electrons. The van der Waals surface area contributed by atoms with Crippen molar-refractivity contribution in [2.75, 3.05) is 17.6 Å². The molecule has 0 unspecified atom stereocenters. The van der Waals surface area contributed by atoms with Gasteiger partial charge in [0.2, 0.25) is 0 Å². The number of rotatable bonds is 3. The van der Waals surface area contributed by atoms with Crippen LogP contribution in [-0.4, -0.2) is 35.1 Å². The monoisotopic (exact) mass is 258 g/mol. The van der Waals surface area contributed by atoms with Gasteiger partial charge in [-0.2, -0.15) is 0 Å². The lowest BCUT2D eigenvalue weighted by Gasteiger charge is -2.06. The standard InChI is InChI=1S/C6H11IO3/c7-2-1-6-9-4-5(3-8)10-6/h5-6,8H,1-4H2/t5-,6-/m0/s1. The van der Waals surface area contributed by atoms with Crippen molar-refractivity contribution in [1.29, 1.82) is 0 Å². The van der Waals surface area contributed by atoms with Crippen molar-refractivity contribution in [1.82, 2.24) is 0 Å². The number of hydrogen-bond donors (Lipinski definition) is 1. The molecule has 1 fully saturated rings. The quantitative estimate of drug-likeness (QED) is 0.593. The van der Waals surface area contributed by atoms with Gasteiger partial charge >= 0.3 is 0 Å². The first kappa shape index (κ1) is 8.70. The Bertz CT molecular complexity index is 99.0. The highest BCUT2D eigenvalue weighted by Crippen LogP contribution is 2.14. The molecular formula is C6H11IO3. The number of alkyl halides is 1. The van der Waals surface area contributed by atoms with E-state index < -0.39 is 0 Å². The molecule has 0 spiro atoms. The number of aliphatic hydroxyl groups is 1. The summed E-state index contributed by atoms with van der Waals surface area (Å²) < 4.78 is 11.5. The molecule has 1 heterocycles. The summed E-state index contributed by atoms with van der Waals surface area (Å²) in [7, 11) is 0. The largest absolute Gasteiger partial charge is 0.394 e. The maximum Gasteiger partial charge on any atom is 0.159 e. The lowest BCUT2D eigenvalue weighted by Crippen LogP contribution is -2.16. The van der Waals surface area contributed by atoms with Crippen molar-refractivity contribution in [3.05, 3.63) is 0 Å². The van der Waals surface area contributed by atoms with E-state index in [-0.39, 0.29) is 19.0 Å². The van der Waals surface area contributed by atoms with Gasteiger partial charge in [-0.3, -0.25) is 0 Å². The molecule has 1 saturated heterocycles. The van der Waals surface area contributed by atoms with Crippen LogP contribution in [-0.2, 0) is 9.47 Å². The van der Waals surface area contributed by atoms with Gasteiger partial charge in [-0.25, -0.2) is 0 Å². The summed E-state index contributed by atoms with van der Waals surface area (Å²) in [5.74, 6) is 0. The van der Waals surface area contributed by atoms with Crippen LogP contribution in [0.2, 0.25) is 0 Å². The number of halogens is 1. The van der Waals surface area contributed by atoms with Crippen LogP contribution in [0.1, 0.15) is 6.42 Å². The predicted molar refractivity (Wildman–Crippen MR) is 45.2 cm³/mol. The zero-order chi connectivity index (χ0) is 7.40. The highest BCUT2D eigenvalue weighted by molar-refractivity contribution is 14.1. The Balaban J connectivity index is 2.15. The Morgan fingerprint density at radius 3 is 2.90 bits per heavy atom. The Morgan fingerprint density at radius 2 is 2.40 bits per heavy atom. The van der Waals surface area contributed by atoms with Crippen molar-refractivity contribution in [2.45, 2.75) is 18.8 Å². The molecule has 1 aliphatic heterocycles. The molecule has 1 aliphatic rings. The molecule has 4 heteroatoms. The smallest absolute Gasteiger partial charge is 0.159 e. The molecule has 2 atom stereocenters. The van der Waals surface area contributed by atoms with E-state index in [1.165, 1.54) is 0 Å². The lowest BCUT2D eigenvalue weighted by atomic mass is 10.4. The summed E-state index contributed by atoms with van der Waals surface area (Å²) in [6, 6.07) is 0. The average molecular weight is 258 g/mol. The Morgan fingerprint density at radius 1 is 1.60 bits per heavy atom. The molecule has 0 aromatic rings. The van der Waals surface area contributed by atoms with Crippen molar-refractivity contribution in [2.24, 2.45) is 0 Å². The van der Waals surface area contributed by atoms with Crippen LogP contribution < -0.4 is 0 Å². The Labute approximate surface area is 73.8 Å². The second-order valence-corrected chi connectivity index (χ2v) is 3.26. The molecule has 3 nitrogen and oxygen atoms in total. The fourth-order valence-corrected chi connectivity index (χ4v) is 1.35. The highest BCUT2D eigenvalue weighted by atomic mass is 127. The molecule has 1 rings (SSSR count). The van der Waals surface area contributed by atoms with Crippen LogP contribution in [0.25, 0.3) is 0 Å². The summed E-state index contributed by atoms with van der Waals surface area (Å²) >= 11 is 2.27. The minimum Gasteiger partial charge on any atom is -0.394 e. The van der Waals surface area contributed by atoms with Crippen LogP contribution in [0.15, 0.2) is 0 Å². The first-order chi connectivity index (χ1) is 4.86. The molecule has 0 amide bonds. The highest BCUT2D eigenvalue weighted by Gasteiger charge is 2.24. The topological polar surface area (TPSA) is 38.7 Å². The SMILES string of the molecule is OC[C@H]1CO[C@H](CCI)O1. The normalized spacial score (nSPS) is 33.0. The van der Waals surface area contributed by atoms with Gasteiger partial charge in [0.05, 0.1) is 13.2 Å². The van der Waals surface area contributed by atoms with E-state index in [0.717, 1.165) is 10.8 Å². The van der Waals surface area contributed by atoms with Gasteiger partial charge in [-0.1, -0.05) is 22.6 Å². The first-order valence-electron chi connectivity index (χ1n) is 3.30. The van der Waals surface area contributed by atoms with E-state index in [4.69, 9.17) is 14.6 Å². The minimum atomic E-state index is -0.0899. The summed E-state index contributed by atoms with van der Waals surface area (Å²) in [5.41, 5.74) is 0. The van der Waals surface area contributed by atoms with Gasteiger partial charge in [0.25, 0.3) is 0 Å². The fraction of sp³-hybridized carbons (Fsp3) is 1.00. The number of aliphatic hydroxyl groups excluding tert-OH is 1. The van der Waals surface area contributed by atoms with Crippen molar-refractivity contribution in [3.8, 4) is 0 Å². The molecule has 0 aliphatic carbocycles. The van der Waals surface area contributed by atoms with Gasteiger partial charge in [-0.05, 0) is 0 Å². The van der Waals surface area contributed by atoms with Crippen molar-refractivity contribution >= 4 is 22.6 Å². The van der Waals surface area contributed by atoms with E-state index >= 15 is 0 Å². The number of hydrogen-bond acceptors (Lipinski definition) is 3. The zero-order valence-corrected chi connectivity index (χ0v) is 7.78. The summed E-state index contributed by atoms with van der Waals surface area (Å²) in [4.78, 5) is 0. The molecular weight excluding hydrogens is 247 g/mol. The average Bonchev–Trinajstić information content (AvgIpc) is 2.37. The summed E-state index contributed by atoms with van der Waals surface area (Å²) in [6.45, 7) is 0.607. The van der Waals surface area contributed by atoms with Gasteiger partial charge in [0.1, 0.15) is 6.10 Å². The second-order valence-electron chi connectivity index (χ2n) is 2.18. The van der Waals surface area contributed by atoms with E-state index in [0.29, 0.717) is 6.61 Å². The molecule has 0 saturated carbocycles. The van der Waals surface area contributed by atoms with Crippen LogP contribution in [0.4, 0.5) is 0 Å². The van der Waals surface area contributed by atoms with E-state index in [1.807, 2.05) is 0 Å². The van der Waals surface area contributed by atoms with E-state index in [9.17, 15) is 0 Å². The molecule has 0 radical (unpaired) electrons. The second kappa shape index (κ2) is 4.48. The first-order valence-corrected chi connectivity index (χ1v) is 4.83. The van der Waals surface area contributed by atoms with Crippen LogP contribution in [0.5, 0.6) is 0 Å². The molecule has 1 N–H and O–H groups in total. The van der Waals surface area contributed by atoms with Crippen LogP contribution in [0, 0.1) is 0 Å². The third-order valence-corrected chi connectivity index (χ3v) is 1.98. The Hall–Kier alpha value is 0.610.